The lowest BCUT2D eigenvalue weighted by molar-refractivity contribution is 0.275. The van der Waals surface area contributed by atoms with Gasteiger partial charge in [-0.1, -0.05) is 0 Å². The van der Waals surface area contributed by atoms with Crippen molar-refractivity contribution in [2.24, 2.45) is 0 Å². The van der Waals surface area contributed by atoms with Gasteiger partial charge in [0.2, 0.25) is 0 Å². The monoisotopic (exact) mass is 126 g/mol. The highest BCUT2D eigenvalue weighted by atomic mass is 31.2. The normalized spacial score (nSPS) is 9.83. The molecular weight excluding hydrogens is 123 g/mol. The molecule has 0 rings (SSSR count). The van der Waals surface area contributed by atoms with E-state index in [9.17, 15) is 0 Å². The van der Waals surface area contributed by atoms with Gasteiger partial charge in [-0.15, -0.1) is 0 Å². The molecule has 0 saturated carbocycles. The van der Waals surface area contributed by atoms with E-state index in [1.807, 2.05) is 0 Å². The summed E-state index contributed by atoms with van der Waals surface area (Å²) in [6.45, 7) is 0. The van der Waals surface area contributed by atoms with Gasteiger partial charge in [0.15, 0.2) is 0 Å². The molecule has 0 amide bonds. The lowest BCUT2D eigenvalue weighted by atomic mass is 15.8. The second-order valence-corrected chi connectivity index (χ2v) is 1.54. The van der Waals surface area contributed by atoms with Crippen LogP contribution in [0.15, 0.2) is 0 Å². The molecule has 0 aliphatic carbocycles. The molecule has 0 saturated heterocycles. The Kier molecular flexibility index (Phi) is 3.98. The van der Waals surface area contributed by atoms with Crippen LogP contribution in [0, 0.1) is 0 Å². The van der Waals surface area contributed by atoms with Crippen molar-refractivity contribution in [1.82, 2.24) is 0 Å². The molecule has 0 spiro atoms. The zero-order chi connectivity index (χ0) is 4.50. The molecule has 3 N–H and O–H groups in total. The van der Waals surface area contributed by atoms with Crippen LogP contribution in [0.3, 0.4) is 0 Å². The van der Waals surface area contributed by atoms with Crippen molar-refractivity contribution in [3.05, 3.63) is 0 Å². The standard InChI is InChI=1S/H3O4P.Si/c1-5(2,3)4;/h(H3,1,2,3,4);. The van der Waals surface area contributed by atoms with E-state index in [1.165, 1.54) is 0 Å². The molecule has 4 nitrogen and oxygen atoms in total. The fraction of sp³-hybridized carbons (Fsp3) is 0. The Hall–Kier alpha value is 0.327. The van der Waals surface area contributed by atoms with Gasteiger partial charge < -0.3 is 14.7 Å². The van der Waals surface area contributed by atoms with Crippen LogP contribution >= 0.6 is 7.82 Å². The second kappa shape index (κ2) is 2.49. The summed E-state index contributed by atoms with van der Waals surface area (Å²) in [5.74, 6) is 0. The van der Waals surface area contributed by atoms with Gasteiger partial charge >= 0.3 is 7.82 Å². The van der Waals surface area contributed by atoms with Crippen molar-refractivity contribution in [3.8, 4) is 0 Å². The fourth-order valence-electron chi connectivity index (χ4n) is 0. The third-order valence-corrected chi connectivity index (χ3v) is 0. The Bertz CT molecular complexity index is 53.7. The Morgan fingerprint density at radius 1 is 1.17 bits per heavy atom. The molecule has 4 radical (unpaired) electrons. The third kappa shape index (κ3) is 448. The van der Waals surface area contributed by atoms with Crippen LogP contribution in [-0.4, -0.2) is 25.6 Å². The Morgan fingerprint density at radius 2 is 1.17 bits per heavy atom. The minimum atomic E-state index is -4.64. The van der Waals surface area contributed by atoms with Gasteiger partial charge in [0.25, 0.3) is 0 Å². The van der Waals surface area contributed by atoms with Gasteiger partial charge in [0.1, 0.15) is 0 Å². The maximum atomic E-state index is 8.88. The van der Waals surface area contributed by atoms with Crippen molar-refractivity contribution >= 4 is 18.8 Å². The molecule has 0 fully saturated rings. The molecule has 0 aromatic rings. The van der Waals surface area contributed by atoms with Gasteiger partial charge in [-0.25, -0.2) is 4.57 Å². The van der Waals surface area contributed by atoms with Crippen molar-refractivity contribution in [2.45, 2.75) is 0 Å². The van der Waals surface area contributed by atoms with Gasteiger partial charge in [-0.2, -0.15) is 0 Å². The zero-order valence-corrected chi connectivity index (χ0v) is 4.59. The van der Waals surface area contributed by atoms with Crippen molar-refractivity contribution in [1.29, 1.82) is 0 Å². The molecule has 0 aromatic heterocycles. The molecule has 0 aromatic carbocycles. The summed E-state index contributed by atoms with van der Waals surface area (Å²) in [7, 11) is -4.64. The SMILES string of the molecule is O=P(O)(O)O.[Si]. The first-order chi connectivity index (χ1) is 2.00. The average Bonchev–Trinajstić information content (AvgIpc) is 0.722. The molecule has 6 heavy (non-hydrogen) atoms. The number of rotatable bonds is 0. The molecule has 0 atom stereocenters. The van der Waals surface area contributed by atoms with Gasteiger partial charge in [-0.05, 0) is 0 Å². The van der Waals surface area contributed by atoms with Gasteiger partial charge in [0, 0.05) is 11.0 Å². The first-order valence-corrected chi connectivity index (χ1v) is 2.35. The van der Waals surface area contributed by atoms with Crippen molar-refractivity contribution < 1.29 is 19.2 Å². The maximum Gasteiger partial charge on any atom is 0.466 e. The van der Waals surface area contributed by atoms with Crippen LogP contribution in [0.4, 0.5) is 0 Å². The summed E-state index contributed by atoms with van der Waals surface area (Å²) in [6, 6.07) is 0. The van der Waals surface area contributed by atoms with Crippen LogP contribution in [0.1, 0.15) is 0 Å². The third-order valence-electron chi connectivity index (χ3n) is 0. The molecule has 6 heteroatoms. The predicted octanol–water partition coefficient (Wildman–Crippen LogP) is -1.31. The summed E-state index contributed by atoms with van der Waals surface area (Å²) < 4.78 is 8.88. The number of phosphoric acid groups is 1. The smallest absolute Gasteiger partial charge is 0.303 e. The van der Waals surface area contributed by atoms with E-state index in [2.05, 4.69) is 0 Å². The summed E-state index contributed by atoms with van der Waals surface area (Å²) in [4.78, 5) is 21.6. The van der Waals surface area contributed by atoms with E-state index in [4.69, 9.17) is 19.2 Å². The van der Waals surface area contributed by atoms with E-state index in [0.29, 0.717) is 0 Å². The Balaban J connectivity index is 0. The highest BCUT2D eigenvalue weighted by molar-refractivity contribution is 7.45. The van der Waals surface area contributed by atoms with E-state index in [-0.39, 0.29) is 11.0 Å². The molecule has 0 aliphatic heterocycles. The topological polar surface area (TPSA) is 77.8 Å². The van der Waals surface area contributed by atoms with E-state index in [0.717, 1.165) is 0 Å². The predicted molar refractivity (Wildman–Crippen MR) is 20.0 cm³/mol. The van der Waals surface area contributed by atoms with Gasteiger partial charge in [-0.3, -0.25) is 0 Å². The molecular formula is H3O4PSi. The molecule has 0 unspecified atom stereocenters. The summed E-state index contributed by atoms with van der Waals surface area (Å²) in [6.07, 6.45) is 0. The fourth-order valence-corrected chi connectivity index (χ4v) is 0. The summed E-state index contributed by atoms with van der Waals surface area (Å²) in [5, 5.41) is 0. The molecule has 0 aliphatic rings. The minimum absolute atomic E-state index is 0. The van der Waals surface area contributed by atoms with Crippen molar-refractivity contribution in [3.63, 3.8) is 0 Å². The Morgan fingerprint density at radius 3 is 1.17 bits per heavy atom. The first-order valence-electron chi connectivity index (χ1n) is 0.783. The van der Waals surface area contributed by atoms with E-state index < -0.39 is 7.82 Å². The minimum Gasteiger partial charge on any atom is -0.303 e. The van der Waals surface area contributed by atoms with Crippen LogP contribution in [0.25, 0.3) is 0 Å². The van der Waals surface area contributed by atoms with Crippen LogP contribution in [0.2, 0.25) is 0 Å². The maximum absolute atomic E-state index is 8.88. The van der Waals surface area contributed by atoms with Crippen LogP contribution in [-0.2, 0) is 4.57 Å². The highest BCUT2D eigenvalue weighted by Crippen LogP contribution is 2.25. The average molecular weight is 126 g/mol. The van der Waals surface area contributed by atoms with Crippen LogP contribution in [0.5, 0.6) is 0 Å². The van der Waals surface area contributed by atoms with Crippen LogP contribution < -0.4 is 0 Å². The van der Waals surface area contributed by atoms with E-state index >= 15 is 0 Å². The lowest BCUT2D eigenvalue weighted by Crippen LogP contribution is -1.66. The zero-order valence-electron chi connectivity index (χ0n) is 2.70. The highest BCUT2D eigenvalue weighted by Gasteiger charge is 2.00. The second-order valence-electron chi connectivity index (χ2n) is 0.513. The molecule has 0 bridgehead atoms. The lowest BCUT2D eigenvalue weighted by Gasteiger charge is -1.82. The molecule has 36 valence electrons. The Labute approximate surface area is 39.1 Å². The summed E-state index contributed by atoms with van der Waals surface area (Å²) >= 11 is 0. The van der Waals surface area contributed by atoms with E-state index in [1.54, 1.807) is 0 Å². The molecule has 0 heterocycles. The van der Waals surface area contributed by atoms with Gasteiger partial charge in [0.05, 0.1) is 0 Å². The summed E-state index contributed by atoms with van der Waals surface area (Å²) in [5.41, 5.74) is 0. The number of hydrogen-bond acceptors (Lipinski definition) is 1. The first kappa shape index (κ1) is 9.59. The largest absolute Gasteiger partial charge is 0.466 e. The van der Waals surface area contributed by atoms with Crippen molar-refractivity contribution in [2.75, 3.05) is 0 Å². The quantitative estimate of drug-likeness (QED) is 0.278. The number of hydrogen-bond donors (Lipinski definition) is 3.